The Bertz CT molecular complexity index is 1270. The Morgan fingerprint density at radius 1 is 1.12 bits per heavy atom. The molecule has 1 N–H and O–H groups in total. The Morgan fingerprint density at radius 2 is 1.84 bits per heavy atom. The minimum atomic E-state index is -4.58. The summed E-state index contributed by atoms with van der Waals surface area (Å²) in [4.78, 5) is 19.0. The van der Waals surface area contributed by atoms with E-state index in [9.17, 15) is 26.4 Å². The molecular formula is C21H20F3N3O4S. The number of nitrogens with zero attached hydrogens (tertiary/aromatic N) is 2. The number of aromatic nitrogens is 2. The molecule has 2 aromatic carbocycles. The number of para-hydroxylation sites is 1. The van der Waals surface area contributed by atoms with Crippen LogP contribution in [0, 0.1) is 0 Å². The second kappa shape index (κ2) is 8.64. The zero-order valence-electron chi connectivity index (χ0n) is 16.8. The lowest BCUT2D eigenvalue weighted by Crippen LogP contribution is -2.37. The first kappa shape index (κ1) is 22.4. The summed E-state index contributed by atoms with van der Waals surface area (Å²) in [5.74, 6) is 0.127. The molecule has 0 amide bonds. The molecule has 1 aliphatic rings. The van der Waals surface area contributed by atoms with Crippen LogP contribution in [-0.4, -0.2) is 41.9 Å². The number of hydrogen-bond acceptors (Lipinski definition) is 5. The van der Waals surface area contributed by atoms with Gasteiger partial charge in [-0.3, -0.25) is 4.79 Å². The van der Waals surface area contributed by atoms with Gasteiger partial charge in [-0.15, -0.1) is 0 Å². The van der Waals surface area contributed by atoms with Gasteiger partial charge in [-0.1, -0.05) is 12.1 Å². The van der Waals surface area contributed by atoms with Gasteiger partial charge in [0, 0.05) is 13.2 Å². The molecule has 1 aliphatic heterocycles. The van der Waals surface area contributed by atoms with Crippen molar-refractivity contribution in [1.82, 2.24) is 14.3 Å². The number of halogens is 3. The fourth-order valence-electron chi connectivity index (χ4n) is 3.60. The number of benzene rings is 2. The van der Waals surface area contributed by atoms with E-state index in [1.165, 1.54) is 0 Å². The summed E-state index contributed by atoms with van der Waals surface area (Å²) in [6.45, 7) is 0.229. The van der Waals surface area contributed by atoms with Crippen molar-refractivity contribution in [2.45, 2.75) is 36.6 Å². The van der Waals surface area contributed by atoms with Gasteiger partial charge in [0.25, 0.3) is 5.56 Å². The first-order chi connectivity index (χ1) is 15.1. The highest BCUT2D eigenvalue weighted by atomic mass is 32.2. The molecule has 4 rings (SSSR count). The molecule has 1 unspecified atom stereocenters. The van der Waals surface area contributed by atoms with Gasteiger partial charge in [0.15, 0.2) is 0 Å². The van der Waals surface area contributed by atoms with Crippen molar-refractivity contribution in [3.8, 4) is 0 Å². The van der Waals surface area contributed by atoms with Gasteiger partial charge in [-0.05, 0) is 49.2 Å². The standard InChI is InChI=1S/C21H20F3N3O4S/c22-21(23,24)14-7-9-16(10-8-14)32(29,30)27(12-15-4-3-11-31-15)13-19-25-18-6-2-1-5-17(18)20(28)26-19/h1-2,5-10,15H,3-4,11-13H2,(H,25,26,28). The summed E-state index contributed by atoms with van der Waals surface area (Å²) >= 11 is 0. The van der Waals surface area contributed by atoms with Crippen LogP contribution in [0.1, 0.15) is 24.2 Å². The first-order valence-corrected chi connectivity index (χ1v) is 11.4. The van der Waals surface area contributed by atoms with Crippen LogP contribution in [0.2, 0.25) is 0 Å². The third-order valence-corrected chi connectivity index (χ3v) is 7.06. The molecular weight excluding hydrogens is 447 g/mol. The Balaban J connectivity index is 1.69. The third-order valence-electron chi connectivity index (χ3n) is 5.24. The van der Waals surface area contributed by atoms with E-state index in [2.05, 4.69) is 9.97 Å². The zero-order chi connectivity index (χ0) is 22.9. The molecule has 0 saturated carbocycles. The molecule has 1 saturated heterocycles. The van der Waals surface area contributed by atoms with Crippen LogP contribution in [0.5, 0.6) is 0 Å². The molecule has 3 aromatic rings. The SMILES string of the molecule is O=c1[nH]c(CN(CC2CCCO2)S(=O)(=O)c2ccc(C(F)(F)F)cc2)nc2ccccc12. The monoisotopic (exact) mass is 467 g/mol. The van der Waals surface area contributed by atoms with E-state index in [-0.39, 0.29) is 29.9 Å². The number of fused-ring (bicyclic) bond motifs is 1. The van der Waals surface area contributed by atoms with Crippen LogP contribution < -0.4 is 5.56 Å². The fourth-order valence-corrected chi connectivity index (χ4v) is 5.04. The molecule has 1 atom stereocenters. The fraction of sp³-hybridized carbons (Fsp3) is 0.333. The van der Waals surface area contributed by atoms with Gasteiger partial charge in [0.1, 0.15) is 5.82 Å². The second-order valence-corrected chi connectivity index (χ2v) is 9.42. The lowest BCUT2D eigenvalue weighted by molar-refractivity contribution is -0.137. The lowest BCUT2D eigenvalue weighted by Gasteiger charge is -2.24. The number of H-pyrrole nitrogens is 1. The van der Waals surface area contributed by atoms with E-state index in [0.29, 0.717) is 23.9 Å². The number of rotatable bonds is 6. The Kier molecular flexibility index (Phi) is 6.06. The summed E-state index contributed by atoms with van der Waals surface area (Å²) in [6.07, 6.45) is -3.50. The van der Waals surface area contributed by atoms with E-state index in [1.54, 1.807) is 24.3 Å². The molecule has 2 heterocycles. The van der Waals surface area contributed by atoms with Crippen molar-refractivity contribution in [2.24, 2.45) is 0 Å². The number of ether oxygens (including phenoxy) is 1. The van der Waals surface area contributed by atoms with Crippen LogP contribution in [0.4, 0.5) is 13.2 Å². The summed E-state index contributed by atoms with van der Waals surface area (Å²) in [7, 11) is -4.19. The molecule has 170 valence electrons. The van der Waals surface area contributed by atoms with Gasteiger partial charge in [0.05, 0.1) is 34.0 Å². The highest BCUT2D eigenvalue weighted by molar-refractivity contribution is 7.89. The van der Waals surface area contributed by atoms with Gasteiger partial charge in [-0.2, -0.15) is 17.5 Å². The predicted molar refractivity (Wildman–Crippen MR) is 110 cm³/mol. The number of nitrogens with one attached hydrogen (secondary N) is 1. The maximum atomic E-state index is 13.3. The molecule has 7 nitrogen and oxygen atoms in total. The van der Waals surface area contributed by atoms with E-state index in [0.717, 1.165) is 35.0 Å². The molecule has 1 aromatic heterocycles. The van der Waals surface area contributed by atoms with Crippen molar-refractivity contribution < 1.29 is 26.3 Å². The van der Waals surface area contributed by atoms with Gasteiger partial charge >= 0.3 is 6.18 Å². The van der Waals surface area contributed by atoms with Gasteiger partial charge < -0.3 is 9.72 Å². The zero-order valence-corrected chi connectivity index (χ0v) is 17.6. The van der Waals surface area contributed by atoms with Gasteiger partial charge in [-0.25, -0.2) is 13.4 Å². The summed E-state index contributed by atoms with van der Waals surface area (Å²) in [5, 5.41) is 0.368. The van der Waals surface area contributed by atoms with Crippen molar-refractivity contribution in [1.29, 1.82) is 0 Å². The Labute approximate surface area is 181 Å². The highest BCUT2D eigenvalue weighted by Gasteiger charge is 2.33. The molecule has 0 bridgehead atoms. The van der Waals surface area contributed by atoms with Crippen molar-refractivity contribution in [3.05, 3.63) is 70.3 Å². The normalized spacial score (nSPS) is 17.3. The van der Waals surface area contributed by atoms with E-state index in [4.69, 9.17) is 4.74 Å². The predicted octanol–water partition coefficient (Wildman–Crippen LogP) is 3.31. The van der Waals surface area contributed by atoms with E-state index < -0.39 is 27.3 Å². The molecule has 0 radical (unpaired) electrons. The van der Waals surface area contributed by atoms with E-state index >= 15 is 0 Å². The maximum Gasteiger partial charge on any atom is 0.416 e. The summed E-state index contributed by atoms with van der Waals surface area (Å²) in [6, 6.07) is 9.96. The maximum absolute atomic E-state index is 13.3. The quantitative estimate of drug-likeness (QED) is 0.601. The summed E-state index contributed by atoms with van der Waals surface area (Å²) in [5.41, 5.74) is -0.938. The van der Waals surface area contributed by atoms with Crippen LogP contribution >= 0.6 is 0 Å². The largest absolute Gasteiger partial charge is 0.416 e. The molecule has 32 heavy (non-hydrogen) atoms. The van der Waals surface area contributed by atoms with Crippen LogP contribution in [0.3, 0.4) is 0 Å². The van der Waals surface area contributed by atoms with Crippen molar-refractivity contribution >= 4 is 20.9 Å². The molecule has 11 heteroatoms. The lowest BCUT2D eigenvalue weighted by atomic mass is 10.2. The first-order valence-electron chi connectivity index (χ1n) is 9.91. The number of sulfonamides is 1. The van der Waals surface area contributed by atoms with Crippen molar-refractivity contribution in [3.63, 3.8) is 0 Å². The second-order valence-electron chi connectivity index (χ2n) is 7.48. The smallest absolute Gasteiger partial charge is 0.377 e. The van der Waals surface area contributed by atoms with Gasteiger partial charge in [0.2, 0.25) is 10.0 Å². The minimum Gasteiger partial charge on any atom is -0.377 e. The molecule has 1 fully saturated rings. The third kappa shape index (κ3) is 4.69. The number of alkyl halides is 3. The average molecular weight is 467 g/mol. The topological polar surface area (TPSA) is 92.4 Å². The van der Waals surface area contributed by atoms with Crippen LogP contribution in [0.15, 0.2) is 58.2 Å². The number of aromatic amines is 1. The Morgan fingerprint density at radius 3 is 2.50 bits per heavy atom. The van der Waals surface area contributed by atoms with Crippen LogP contribution in [0.25, 0.3) is 10.9 Å². The Hall–Kier alpha value is -2.76. The minimum absolute atomic E-state index is 0.0140. The summed E-state index contributed by atoms with van der Waals surface area (Å²) < 4.78 is 71.9. The van der Waals surface area contributed by atoms with E-state index in [1.807, 2.05) is 0 Å². The average Bonchev–Trinajstić information content (AvgIpc) is 3.26. The number of hydrogen-bond donors (Lipinski definition) is 1. The van der Waals surface area contributed by atoms with Crippen molar-refractivity contribution in [2.75, 3.05) is 13.2 Å². The molecule has 0 spiro atoms. The molecule has 0 aliphatic carbocycles. The highest BCUT2D eigenvalue weighted by Crippen LogP contribution is 2.30. The van der Waals surface area contributed by atoms with Crippen LogP contribution in [-0.2, 0) is 27.5 Å².